The van der Waals surface area contributed by atoms with Crippen molar-refractivity contribution in [3.63, 3.8) is 0 Å². The van der Waals surface area contributed by atoms with E-state index in [1.807, 2.05) is 13.0 Å². The van der Waals surface area contributed by atoms with Gasteiger partial charge in [-0.05, 0) is 90.9 Å². The van der Waals surface area contributed by atoms with Gasteiger partial charge in [0, 0.05) is 18.6 Å². The van der Waals surface area contributed by atoms with Gasteiger partial charge in [0.25, 0.3) is 0 Å². The van der Waals surface area contributed by atoms with Crippen molar-refractivity contribution in [1.29, 1.82) is 5.26 Å². The van der Waals surface area contributed by atoms with Gasteiger partial charge in [-0.3, -0.25) is 9.80 Å². The molecule has 0 saturated heterocycles. The average Bonchev–Trinajstić information content (AvgIpc) is 2.84. The number of hydrogen-bond donors (Lipinski definition) is 1. The topological polar surface area (TPSA) is 53.7 Å². The van der Waals surface area contributed by atoms with E-state index in [4.69, 9.17) is 0 Å². The number of nitriles is 1. The Kier molecular flexibility index (Phi) is 5.70. The van der Waals surface area contributed by atoms with Crippen molar-refractivity contribution in [3.8, 4) is 6.07 Å². The second-order valence-electron chi connectivity index (χ2n) is 10.7. The molecule has 0 amide bonds. The van der Waals surface area contributed by atoms with E-state index in [1.54, 1.807) is 0 Å². The van der Waals surface area contributed by atoms with E-state index in [-0.39, 0.29) is 11.1 Å². The summed E-state index contributed by atoms with van der Waals surface area (Å²) in [6.45, 7) is 3.49. The summed E-state index contributed by atoms with van der Waals surface area (Å²) in [7, 11) is 6.47. The first-order valence-electron chi connectivity index (χ1n) is 11.7. The van der Waals surface area contributed by atoms with Crippen molar-refractivity contribution in [3.05, 3.63) is 48.2 Å². The zero-order chi connectivity index (χ0) is 22.3. The summed E-state index contributed by atoms with van der Waals surface area (Å²) in [6, 6.07) is 13.4. The lowest BCUT2D eigenvalue weighted by Crippen LogP contribution is -2.62. The van der Waals surface area contributed by atoms with Crippen LogP contribution in [0.1, 0.15) is 57.4 Å². The summed E-state index contributed by atoms with van der Waals surface area (Å²) < 4.78 is 0. The molecule has 1 spiro atoms. The first-order valence-corrected chi connectivity index (χ1v) is 11.7. The maximum atomic E-state index is 11.0. The minimum absolute atomic E-state index is 0.0265. The SMILES string of the molecule is CN1CC2(CCC(c3ccccc3)(N(C)C)CC2)N(CC2(O)CCC2)C=CC1(C)C#N. The molecule has 1 aromatic carbocycles. The molecule has 1 N–H and O–H groups in total. The predicted octanol–water partition coefficient (Wildman–Crippen LogP) is 3.71. The summed E-state index contributed by atoms with van der Waals surface area (Å²) in [5.41, 5.74) is 0.134. The maximum absolute atomic E-state index is 11.0. The molecule has 2 aliphatic carbocycles. The van der Waals surface area contributed by atoms with Crippen LogP contribution in [0, 0.1) is 11.3 Å². The van der Waals surface area contributed by atoms with Crippen LogP contribution >= 0.6 is 0 Å². The molecule has 1 unspecified atom stereocenters. The number of aliphatic hydroxyl groups is 1. The van der Waals surface area contributed by atoms with Crippen LogP contribution < -0.4 is 0 Å². The molecule has 0 radical (unpaired) electrons. The Hall–Kier alpha value is -1.87. The number of benzene rings is 1. The van der Waals surface area contributed by atoms with Crippen LogP contribution in [0.25, 0.3) is 0 Å². The first-order chi connectivity index (χ1) is 14.7. The molecule has 31 heavy (non-hydrogen) atoms. The fraction of sp³-hybridized carbons (Fsp3) is 0.654. The highest BCUT2D eigenvalue weighted by molar-refractivity contribution is 5.28. The third kappa shape index (κ3) is 3.80. The highest BCUT2D eigenvalue weighted by Gasteiger charge is 2.51. The quantitative estimate of drug-likeness (QED) is 0.802. The molecule has 4 rings (SSSR count). The Labute approximate surface area is 187 Å². The van der Waals surface area contributed by atoms with Gasteiger partial charge in [0.1, 0.15) is 5.54 Å². The van der Waals surface area contributed by atoms with E-state index in [9.17, 15) is 10.4 Å². The second kappa shape index (κ2) is 7.92. The van der Waals surface area contributed by atoms with Crippen LogP contribution in [0.5, 0.6) is 0 Å². The molecule has 2 saturated carbocycles. The van der Waals surface area contributed by atoms with Gasteiger partial charge >= 0.3 is 0 Å². The van der Waals surface area contributed by atoms with Gasteiger partial charge in [-0.15, -0.1) is 0 Å². The largest absolute Gasteiger partial charge is 0.388 e. The first kappa shape index (κ1) is 22.3. The average molecular weight is 423 g/mol. The third-order valence-corrected chi connectivity index (χ3v) is 8.66. The normalized spacial score (nSPS) is 35.6. The van der Waals surface area contributed by atoms with Crippen LogP contribution in [0.3, 0.4) is 0 Å². The summed E-state index contributed by atoms with van der Waals surface area (Å²) in [5, 5.41) is 20.9. The number of rotatable bonds is 4. The van der Waals surface area contributed by atoms with E-state index < -0.39 is 11.1 Å². The summed E-state index contributed by atoms with van der Waals surface area (Å²) >= 11 is 0. The van der Waals surface area contributed by atoms with Crippen molar-refractivity contribution >= 4 is 0 Å². The highest BCUT2D eigenvalue weighted by atomic mass is 16.3. The van der Waals surface area contributed by atoms with Gasteiger partial charge in [0.15, 0.2) is 0 Å². The van der Waals surface area contributed by atoms with Crippen LogP contribution in [-0.2, 0) is 5.54 Å². The molecule has 0 aromatic heterocycles. The van der Waals surface area contributed by atoms with Gasteiger partial charge in [-0.25, -0.2) is 0 Å². The highest BCUT2D eigenvalue weighted by Crippen LogP contribution is 2.49. The summed E-state index contributed by atoms with van der Waals surface area (Å²) in [5.74, 6) is 0. The van der Waals surface area contributed by atoms with Crippen molar-refractivity contribution < 1.29 is 5.11 Å². The minimum atomic E-state index is -0.625. The zero-order valence-corrected chi connectivity index (χ0v) is 19.6. The molecule has 1 aliphatic heterocycles. The lowest BCUT2D eigenvalue weighted by atomic mass is 9.67. The van der Waals surface area contributed by atoms with E-state index >= 15 is 0 Å². The Bertz CT molecular complexity index is 846. The smallest absolute Gasteiger partial charge is 0.126 e. The van der Waals surface area contributed by atoms with Crippen LogP contribution in [0.2, 0.25) is 0 Å². The summed E-state index contributed by atoms with van der Waals surface area (Å²) in [4.78, 5) is 7.02. The molecule has 1 heterocycles. The van der Waals surface area contributed by atoms with Gasteiger partial charge in [-0.2, -0.15) is 5.26 Å². The van der Waals surface area contributed by atoms with Crippen molar-refractivity contribution in [2.45, 2.75) is 74.1 Å². The number of β-amino-alcohol motifs (C(OH)–C–C–N with tert-alkyl or cyclic N) is 1. The van der Waals surface area contributed by atoms with Crippen LogP contribution in [0.15, 0.2) is 42.6 Å². The van der Waals surface area contributed by atoms with Crippen molar-refractivity contribution in [2.24, 2.45) is 0 Å². The van der Waals surface area contributed by atoms with E-state index in [0.29, 0.717) is 6.54 Å². The fourth-order valence-electron chi connectivity index (χ4n) is 5.94. The zero-order valence-electron chi connectivity index (χ0n) is 19.6. The molecule has 1 atom stereocenters. The lowest BCUT2D eigenvalue weighted by Gasteiger charge is -2.56. The molecule has 5 nitrogen and oxygen atoms in total. The molecular formula is C26H38N4O. The number of nitrogens with zero attached hydrogens (tertiary/aromatic N) is 4. The summed E-state index contributed by atoms with van der Waals surface area (Å²) in [6.07, 6.45) is 11.2. The molecule has 5 heteroatoms. The fourth-order valence-corrected chi connectivity index (χ4v) is 5.94. The van der Waals surface area contributed by atoms with Gasteiger partial charge in [-0.1, -0.05) is 30.3 Å². The van der Waals surface area contributed by atoms with Crippen molar-refractivity contribution in [1.82, 2.24) is 14.7 Å². The van der Waals surface area contributed by atoms with E-state index in [1.165, 1.54) is 5.56 Å². The van der Waals surface area contributed by atoms with E-state index in [0.717, 1.165) is 51.5 Å². The monoisotopic (exact) mass is 422 g/mol. The molecule has 3 aliphatic rings. The molecular weight excluding hydrogens is 384 g/mol. The molecule has 0 bridgehead atoms. The predicted molar refractivity (Wildman–Crippen MR) is 124 cm³/mol. The Morgan fingerprint density at radius 1 is 1.06 bits per heavy atom. The second-order valence-corrected chi connectivity index (χ2v) is 10.7. The maximum Gasteiger partial charge on any atom is 0.126 e. The number of hydrogen-bond acceptors (Lipinski definition) is 5. The van der Waals surface area contributed by atoms with Gasteiger partial charge < -0.3 is 10.0 Å². The van der Waals surface area contributed by atoms with E-state index in [2.05, 4.69) is 78.4 Å². The Morgan fingerprint density at radius 2 is 1.71 bits per heavy atom. The Morgan fingerprint density at radius 3 is 2.23 bits per heavy atom. The molecule has 1 aromatic rings. The number of likely N-dealkylation sites (N-methyl/N-ethyl adjacent to an activating group) is 1. The minimum Gasteiger partial charge on any atom is -0.388 e. The molecule has 168 valence electrons. The van der Waals surface area contributed by atoms with Crippen LogP contribution in [0.4, 0.5) is 0 Å². The standard InChI is InChI=1S/C26H38N4O/c1-23(19-27)17-18-30(21-25(31)11-8-12-25)24(20-29(23)4)13-15-26(16-14-24,28(2)3)22-9-6-5-7-10-22/h5-7,9-10,17-18,31H,8,11-16,20-21H2,1-4H3. The lowest BCUT2D eigenvalue weighted by molar-refractivity contribution is -0.0858. The van der Waals surface area contributed by atoms with Crippen LogP contribution in [-0.4, -0.2) is 70.7 Å². The van der Waals surface area contributed by atoms with Gasteiger partial charge in [0.2, 0.25) is 0 Å². The Balaban J connectivity index is 1.66. The van der Waals surface area contributed by atoms with Crippen molar-refractivity contribution in [2.75, 3.05) is 34.2 Å². The molecule has 2 fully saturated rings. The van der Waals surface area contributed by atoms with Gasteiger partial charge in [0.05, 0.1) is 17.2 Å². The third-order valence-electron chi connectivity index (χ3n) is 8.66.